The average molecular weight is 348 g/mol. The first-order chi connectivity index (χ1) is 12.3. The van der Waals surface area contributed by atoms with E-state index in [0.717, 1.165) is 33.5 Å². The van der Waals surface area contributed by atoms with Crippen LogP contribution in [0.1, 0.15) is 36.7 Å². The van der Waals surface area contributed by atoms with E-state index in [9.17, 15) is 4.79 Å². The summed E-state index contributed by atoms with van der Waals surface area (Å²) in [6.45, 7) is 7.90. The number of carbonyl (C=O) groups excluding carboxylic acids is 1. The number of carbonyl (C=O) groups is 1. The number of methoxy groups -OCH3 is 1. The number of para-hydroxylation sites is 1. The van der Waals surface area contributed by atoms with Crippen LogP contribution in [0.5, 0.6) is 5.75 Å². The molecular formula is C22H24N2O2. The van der Waals surface area contributed by atoms with Crippen molar-refractivity contribution in [1.82, 2.24) is 10.3 Å². The average Bonchev–Trinajstić information content (AvgIpc) is 2.59. The molecule has 0 bridgehead atoms. The summed E-state index contributed by atoms with van der Waals surface area (Å²) in [5.41, 5.74) is 3.81. The standard InChI is InChI=1S/C22H24N2O2/c1-14-19(21(25)24-22(2,3)4)17-8-6-7-9-18(17)23-20(14)15-10-12-16(26-5)13-11-15/h6-13H,1-5H3,(H,24,25). The molecule has 1 amide bonds. The number of aromatic nitrogens is 1. The molecule has 0 radical (unpaired) electrons. The van der Waals surface area contributed by atoms with E-state index < -0.39 is 0 Å². The number of hydrogen-bond acceptors (Lipinski definition) is 3. The topological polar surface area (TPSA) is 51.2 Å². The van der Waals surface area contributed by atoms with Gasteiger partial charge in [0.15, 0.2) is 0 Å². The predicted octanol–water partition coefficient (Wildman–Crippen LogP) is 4.75. The third-order valence-electron chi connectivity index (χ3n) is 4.21. The molecular weight excluding hydrogens is 324 g/mol. The minimum atomic E-state index is -0.311. The Morgan fingerprint density at radius 1 is 1.04 bits per heavy atom. The lowest BCUT2D eigenvalue weighted by atomic mass is 9.96. The summed E-state index contributed by atoms with van der Waals surface area (Å²) in [6.07, 6.45) is 0. The Morgan fingerprint density at radius 2 is 1.69 bits per heavy atom. The van der Waals surface area contributed by atoms with Gasteiger partial charge in [-0.25, -0.2) is 4.98 Å². The molecule has 0 saturated heterocycles. The van der Waals surface area contributed by atoms with Gasteiger partial charge in [-0.1, -0.05) is 18.2 Å². The van der Waals surface area contributed by atoms with Crippen LogP contribution < -0.4 is 10.1 Å². The van der Waals surface area contributed by atoms with Crippen molar-refractivity contribution in [1.29, 1.82) is 0 Å². The molecule has 26 heavy (non-hydrogen) atoms. The highest BCUT2D eigenvalue weighted by molar-refractivity contribution is 6.09. The fraction of sp³-hybridized carbons (Fsp3) is 0.273. The molecule has 1 heterocycles. The lowest BCUT2D eigenvalue weighted by Crippen LogP contribution is -2.41. The highest BCUT2D eigenvalue weighted by atomic mass is 16.5. The van der Waals surface area contributed by atoms with Crippen LogP contribution in [0, 0.1) is 6.92 Å². The quantitative estimate of drug-likeness (QED) is 0.743. The predicted molar refractivity (Wildman–Crippen MR) is 106 cm³/mol. The molecule has 3 aromatic rings. The number of nitrogens with zero attached hydrogens (tertiary/aromatic N) is 1. The van der Waals surface area contributed by atoms with Crippen LogP contribution in [0.2, 0.25) is 0 Å². The van der Waals surface area contributed by atoms with Crippen molar-refractivity contribution in [2.75, 3.05) is 7.11 Å². The molecule has 2 aromatic carbocycles. The molecule has 0 spiro atoms. The normalized spacial score (nSPS) is 11.4. The zero-order valence-corrected chi connectivity index (χ0v) is 15.9. The van der Waals surface area contributed by atoms with E-state index in [4.69, 9.17) is 9.72 Å². The first kappa shape index (κ1) is 17.9. The Hall–Kier alpha value is -2.88. The van der Waals surface area contributed by atoms with Crippen LogP contribution >= 0.6 is 0 Å². The van der Waals surface area contributed by atoms with Crippen molar-refractivity contribution < 1.29 is 9.53 Å². The Balaban J connectivity index is 2.22. The summed E-state index contributed by atoms with van der Waals surface area (Å²) in [5.74, 6) is 0.709. The van der Waals surface area contributed by atoms with Gasteiger partial charge in [0.25, 0.3) is 5.91 Å². The molecule has 3 rings (SSSR count). The van der Waals surface area contributed by atoms with Crippen molar-refractivity contribution in [2.24, 2.45) is 0 Å². The van der Waals surface area contributed by atoms with Gasteiger partial charge in [-0.3, -0.25) is 4.79 Å². The van der Waals surface area contributed by atoms with Crippen molar-refractivity contribution in [3.63, 3.8) is 0 Å². The van der Waals surface area contributed by atoms with Crippen molar-refractivity contribution in [2.45, 2.75) is 33.2 Å². The van der Waals surface area contributed by atoms with Gasteiger partial charge in [-0.2, -0.15) is 0 Å². The number of benzene rings is 2. The smallest absolute Gasteiger partial charge is 0.252 e. The fourth-order valence-corrected chi connectivity index (χ4v) is 3.03. The number of nitrogens with one attached hydrogen (secondary N) is 1. The number of amides is 1. The summed E-state index contributed by atoms with van der Waals surface area (Å²) in [5, 5.41) is 3.94. The largest absolute Gasteiger partial charge is 0.497 e. The molecule has 0 atom stereocenters. The molecule has 0 aliphatic heterocycles. The second kappa shape index (κ2) is 6.79. The van der Waals surface area contributed by atoms with Gasteiger partial charge in [0.2, 0.25) is 0 Å². The molecule has 0 aliphatic carbocycles. The number of fused-ring (bicyclic) bond motifs is 1. The first-order valence-electron chi connectivity index (χ1n) is 8.66. The summed E-state index contributed by atoms with van der Waals surface area (Å²) >= 11 is 0. The third-order valence-corrected chi connectivity index (χ3v) is 4.21. The highest BCUT2D eigenvalue weighted by Crippen LogP contribution is 2.30. The van der Waals surface area contributed by atoms with Gasteiger partial charge in [0, 0.05) is 16.5 Å². The van der Waals surface area contributed by atoms with Crippen LogP contribution in [0.4, 0.5) is 0 Å². The van der Waals surface area contributed by atoms with E-state index in [1.54, 1.807) is 7.11 Å². The minimum Gasteiger partial charge on any atom is -0.497 e. The van der Waals surface area contributed by atoms with E-state index in [-0.39, 0.29) is 11.4 Å². The summed E-state index contributed by atoms with van der Waals surface area (Å²) in [6, 6.07) is 15.5. The SMILES string of the molecule is COc1ccc(-c2nc3ccccc3c(C(=O)NC(C)(C)C)c2C)cc1. The maximum absolute atomic E-state index is 13.0. The van der Waals surface area contributed by atoms with Crippen LogP contribution in [0.25, 0.3) is 22.2 Å². The van der Waals surface area contributed by atoms with E-state index >= 15 is 0 Å². The van der Waals surface area contributed by atoms with Gasteiger partial charge >= 0.3 is 0 Å². The summed E-state index contributed by atoms with van der Waals surface area (Å²) in [4.78, 5) is 17.8. The van der Waals surface area contributed by atoms with Gasteiger partial charge in [0.05, 0.1) is 23.9 Å². The zero-order valence-electron chi connectivity index (χ0n) is 15.9. The number of hydrogen-bond donors (Lipinski definition) is 1. The van der Waals surface area contributed by atoms with Crippen LogP contribution in [0.3, 0.4) is 0 Å². The van der Waals surface area contributed by atoms with Crippen LogP contribution in [-0.2, 0) is 0 Å². The molecule has 4 heteroatoms. The molecule has 134 valence electrons. The highest BCUT2D eigenvalue weighted by Gasteiger charge is 2.22. The van der Waals surface area contributed by atoms with Gasteiger partial charge in [-0.05, 0) is 63.6 Å². The lowest BCUT2D eigenvalue weighted by molar-refractivity contribution is 0.0920. The molecule has 0 unspecified atom stereocenters. The second-order valence-electron chi connectivity index (χ2n) is 7.41. The van der Waals surface area contributed by atoms with Gasteiger partial charge in [0.1, 0.15) is 5.75 Å². The van der Waals surface area contributed by atoms with Crippen molar-refractivity contribution in [3.05, 3.63) is 59.7 Å². The van der Waals surface area contributed by atoms with Crippen molar-refractivity contribution >= 4 is 16.8 Å². The summed E-state index contributed by atoms with van der Waals surface area (Å²) < 4.78 is 5.24. The molecule has 0 aliphatic rings. The Morgan fingerprint density at radius 3 is 2.31 bits per heavy atom. The Kier molecular flexibility index (Phi) is 4.68. The minimum absolute atomic E-state index is 0.0802. The molecule has 0 saturated carbocycles. The summed E-state index contributed by atoms with van der Waals surface area (Å²) in [7, 11) is 1.64. The van der Waals surface area contributed by atoms with E-state index in [2.05, 4.69) is 5.32 Å². The van der Waals surface area contributed by atoms with E-state index in [1.807, 2.05) is 76.2 Å². The van der Waals surface area contributed by atoms with E-state index in [0.29, 0.717) is 5.56 Å². The molecule has 0 fully saturated rings. The van der Waals surface area contributed by atoms with E-state index in [1.165, 1.54) is 0 Å². The molecule has 1 aromatic heterocycles. The van der Waals surface area contributed by atoms with Gasteiger partial charge in [-0.15, -0.1) is 0 Å². The Labute approximate surface area is 154 Å². The monoisotopic (exact) mass is 348 g/mol. The fourth-order valence-electron chi connectivity index (χ4n) is 3.03. The number of rotatable bonds is 3. The first-order valence-corrected chi connectivity index (χ1v) is 8.66. The maximum Gasteiger partial charge on any atom is 0.252 e. The third kappa shape index (κ3) is 3.54. The maximum atomic E-state index is 13.0. The van der Waals surface area contributed by atoms with Gasteiger partial charge < -0.3 is 10.1 Å². The molecule has 1 N–H and O–H groups in total. The van der Waals surface area contributed by atoms with Crippen molar-refractivity contribution in [3.8, 4) is 17.0 Å². The van der Waals surface area contributed by atoms with Crippen LogP contribution in [0.15, 0.2) is 48.5 Å². The number of ether oxygens (including phenoxy) is 1. The zero-order chi connectivity index (χ0) is 18.9. The number of pyridine rings is 1. The lowest BCUT2D eigenvalue weighted by Gasteiger charge is -2.22. The molecule has 4 nitrogen and oxygen atoms in total. The van der Waals surface area contributed by atoms with Crippen LogP contribution in [-0.4, -0.2) is 23.5 Å². The second-order valence-corrected chi connectivity index (χ2v) is 7.41. The Bertz CT molecular complexity index is 954.